The van der Waals surface area contributed by atoms with E-state index in [9.17, 15) is 4.79 Å². The summed E-state index contributed by atoms with van der Waals surface area (Å²) in [7, 11) is 0. The Kier molecular flexibility index (Phi) is 5.25. The second kappa shape index (κ2) is 5.10. The molecule has 0 fully saturated rings. The van der Waals surface area contributed by atoms with Gasteiger partial charge < -0.3 is 9.26 Å². The van der Waals surface area contributed by atoms with E-state index in [2.05, 4.69) is 9.26 Å². The molecule has 0 unspecified atom stereocenters. The molecule has 0 aliphatic heterocycles. The fourth-order valence-electron chi connectivity index (χ4n) is 0.201. The minimum atomic E-state index is -1.68. The van der Waals surface area contributed by atoms with Gasteiger partial charge >= 0.3 is 6.16 Å². The summed E-state index contributed by atoms with van der Waals surface area (Å²) in [6.45, 7) is 0.237. The van der Waals surface area contributed by atoms with Gasteiger partial charge in [0.1, 0.15) is 0 Å². The molecule has 0 saturated carbocycles. The fraction of sp³-hybridized carbons (Fsp3) is 0.667. The Hall–Kier alpha value is 0.280. The molecule has 0 atom stereocenters. The van der Waals surface area contributed by atoms with Crippen LogP contribution in [0.3, 0.4) is 0 Å². The molecular weight excluding hydrogens is 186 g/mol. The van der Waals surface area contributed by atoms with Gasteiger partial charge in [0.05, 0.1) is 6.61 Å². The molecule has 0 aromatic rings. The van der Waals surface area contributed by atoms with Gasteiger partial charge in [-0.05, 0) is 29.4 Å². The number of hydrogen-bond donors (Lipinski definition) is 0. The van der Waals surface area contributed by atoms with Crippen molar-refractivity contribution in [2.45, 2.75) is 6.92 Å². The summed E-state index contributed by atoms with van der Waals surface area (Å²) >= 11 is 10.2. The summed E-state index contributed by atoms with van der Waals surface area (Å²) in [5.74, 6) is 0. The smallest absolute Gasteiger partial charge is 0.434 e. The Morgan fingerprint density at radius 3 is 2.56 bits per heavy atom. The highest BCUT2D eigenvalue weighted by Crippen LogP contribution is 2.47. The van der Waals surface area contributed by atoms with Crippen LogP contribution in [-0.4, -0.2) is 12.8 Å². The van der Waals surface area contributed by atoms with Gasteiger partial charge in [0, 0.05) is 0 Å². The summed E-state index contributed by atoms with van der Waals surface area (Å²) < 4.78 is 8.56. The highest BCUT2D eigenvalue weighted by Gasteiger charge is 2.08. The third kappa shape index (κ3) is 6.16. The zero-order valence-electron chi connectivity index (χ0n) is 4.63. The van der Waals surface area contributed by atoms with Crippen LogP contribution in [-0.2, 0) is 9.26 Å². The van der Waals surface area contributed by atoms with Crippen LogP contribution in [0.1, 0.15) is 6.92 Å². The molecule has 0 aromatic carbocycles. The Morgan fingerprint density at radius 1 is 1.67 bits per heavy atom. The number of hydrogen-bond acceptors (Lipinski definition) is 3. The standard InChI is InChI=1S/C3H5Cl2O3P/c1-2-7-3(6)8-9(4)5/h2H2,1H3. The van der Waals surface area contributed by atoms with Crippen LogP contribution in [0, 0.1) is 0 Å². The molecule has 0 aliphatic carbocycles. The highest BCUT2D eigenvalue weighted by molar-refractivity contribution is 8.00. The maximum atomic E-state index is 10.3. The number of ether oxygens (including phenoxy) is 1. The normalized spacial score (nSPS) is 9.33. The van der Waals surface area contributed by atoms with E-state index in [-0.39, 0.29) is 6.61 Å². The molecule has 54 valence electrons. The first-order valence-corrected chi connectivity index (χ1v) is 5.20. The fourth-order valence-corrected chi connectivity index (χ4v) is 0.704. The lowest BCUT2D eigenvalue weighted by atomic mass is 10.9. The Balaban J connectivity index is 3.27. The summed E-state index contributed by atoms with van der Waals surface area (Å²) in [4.78, 5) is 10.3. The zero-order valence-corrected chi connectivity index (χ0v) is 7.04. The number of rotatable bonds is 2. The monoisotopic (exact) mass is 190 g/mol. The lowest BCUT2D eigenvalue weighted by Gasteiger charge is -2.01. The number of halogens is 2. The molecule has 0 N–H and O–H groups in total. The van der Waals surface area contributed by atoms with E-state index in [0.717, 1.165) is 0 Å². The molecule has 0 bridgehead atoms. The summed E-state index contributed by atoms with van der Waals surface area (Å²) in [6, 6.07) is 0. The largest absolute Gasteiger partial charge is 0.513 e. The first-order chi connectivity index (χ1) is 4.16. The Bertz CT molecular complexity index is 97.1. The highest BCUT2D eigenvalue weighted by atomic mass is 35.9. The van der Waals surface area contributed by atoms with E-state index in [1.54, 1.807) is 6.92 Å². The molecule has 0 aliphatic rings. The summed E-state index contributed by atoms with van der Waals surface area (Å²) in [5, 5.41) is 0. The van der Waals surface area contributed by atoms with E-state index in [4.69, 9.17) is 22.5 Å². The van der Waals surface area contributed by atoms with Crippen molar-refractivity contribution in [3.8, 4) is 0 Å². The van der Waals surface area contributed by atoms with Crippen LogP contribution in [0.5, 0.6) is 0 Å². The van der Waals surface area contributed by atoms with Crippen molar-refractivity contribution in [3.05, 3.63) is 0 Å². The van der Waals surface area contributed by atoms with Crippen molar-refractivity contribution in [2.24, 2.45) is 0 Å². The molecule has 0 saturated heterocycles. The third-order valence-electron chi connectivity index (χ3n) is 0.406. The van der Waals surface area contributed by atoms with Gasteiger partial charge in [-0.1, -0.05) is 0 Å². The van der Waals surface area contributed by atoms with Crippen molar-refractivity contribution in [2.75, 3.05) is 6.61 Å². The van der Waals surface area contributed by atoms with E-state index >= 15 is 0 Å². The van der Waals surface area contributed by atoms with Gasteiger partial charge in [0.15, 0.2) is 0 Å². The molecule has 0 amide bonds. The second-order valence-electron chi connectivity index (χ2n) is 0.976. The molecule has 0 spiro atoms. The van der Waals surface area contributed by atoms with Crippen molar-refractivity contribution in [1.82, 2.24) is 0 Å². The van der Waals surface area contributed by atoms with Crippen LogP contribution < -0.4 is 0 Å². The Labute approximate surface area is 63.6 Å². The van der Waals surface area contributed by atoms with Crippen LogP contribution in [0.25, 0.3) is 0 Å². The van der Waals surface area contributed by atoms with Gasteiger partial charge in [0.2, 0.25) is 0 Å². The quantitative estimate of drug-likeness (QED) is 0.497. The molecule has 0 aromatic heterocycles. The van der Waals surface area contributed by atoms with Gasteiger partial charge in [-0.25, -0.2) is 4.79 Å². The predicted molar refractivity (Wildman–Crippen MR) is 36.7 cm³/mol. The summed E-state index contributed by atoms with van der Waals surface area (Å²) in [5.41, 5.74) is 0. The number of carbonyl (C=O) groups is 1. The Morgan fingerprint density at radius 2 is 2.22 bits per heavy atom. The maximum Gasteiger partial charge on any atom is 0.513 e. The lowest BCUT2D eigenvalue weighted by Crippen LogP contribution is -2.00. The average Bonchev–Trinajstić information content (AvgIpc) is 1.63. The third-order valence-corrected chi connectivity index (χ3v) is 1.11. The average molecular weight is 191 g/mol. The minimum absolute atomic E-state index is 0.260. The van der Waals surface area contributed by atoms with Gasteiger partial charge in [0.25, 0.3) is 6.85 Å². The molecule has 0 rings (SSSR count). The van der Waals surface area contributed by atoms with Crippen LogP contribution >= 0.6 is 29.3 Å². The predicted octanol–water partition coefficient (Wildman–Crippen LogP) is 2.86. The van der Waals surface area contributed by atoms with Crippen LogP contribution in [0.4, 0.5) is 4.79 Å². The van der Waals surface area contributed by atoms with E-state index in [1.165, 1.54) is 0 Å². The van der Waals surface area contributed by atoms with Gasteiger partial charge in [-0.2, -0.15) is 0 Å². The van der Waals surface area contributed by atoms with Gasteiger partial charge in [-0.15, -0.1) is 0 Å². The van der Waals surface area contributed by atoms with Gasteiger partial charge in [-0.3, -0.25) is 0 Å². The number of carbonyl (C=O) groups excluding carboxylic acids is 1. The molecule has 0 radical (unpaired) electrons. The lowest BCUT2D eigenvalue weighted by molar-refractivity contribution is 0.110. The SMILES string of the molecule is CCOC(=O)OP(Cl)Cl. The van der Waals surface area contributed by atoms with Crippen molar-refractivity contribution in [1.29, 1.82) is 0 Å². The second-order valence-corrected chi connectivity index (χ2v) is 3.92. The van der Waals surface area contributed by atoms with Crippen molar-refractivity contribution >= 4 is 35.5 Å². The van der Waals surface area contributed by atoms with E-state index in [0.29, 0.717) is 0 Å². The molecule has 6 heteroatoms. The maximum absolute atomic E-state index is 10.3. The molecule has 9 heavy (non-hydrogen) atoms. The topological polar surface area (TPSA) is 35.5 Å². The van der Waals surface area contributed by atoms with Crippen LogP contribution in [0.15, 0.2) is 0 Å². The first-order valence-electron chi connectivity index (χ1n) is 2.13. The molecule has 0 heterocycles. The van der Waals surface area contributed by atoms with E-state index in [1.807, 2.05) is 0 Å². The zero-order chi connectivity index (χ0) is 7.28. The van der Waals surface area contributed by atoms with Crippen molar-refractivity contribution in [3.63, 3.8) is 0 Å². The van der Waals surface area contributed by atoms with Crippen LogP contribution in [0.2, 0.25) is 0 Å². The van der Waals surface area contributed by atoms with Crippen molar-refractivity contribution < 1.29 is 14.1 Å². The van der Waals surface area contributed by atoms with E-state index < -0.39 is 13.0 Å². The molecule has 3 nitrogen and oxygen atoms in total. The summed E-state index contributed by atoms with van der Waals surface area (Å²) in [6.07, 6.45) is -0.825. The first kappa shape index (κ1) is 9.28. The molecular formula is C3H5Cl2O3P. The minimum Gasteiger partial charge on any atom is -0.434 e.